The number of aryl methyl sites for hydroxylation is 1. The number of likely N-dealkylation sites (tertiary alicyclic amines) is 1. The van der Waals surface area contributed by atoms with Crippen LogP contribution >= 0.6 is 0 Å². The first-order valence-electron chi connectivity index (χ1n) is 10.4. The van der Waals surface area contributed by atoms with Crippen LogP contribution in [0, 0.1) is 0 Å². The fourth-order valence-corrected chi connectivity index (χ4v) is 3.68. The smallest absolute Gasteiger partial charge is 0.416 e. The van der Waals surface area contributed by atoms with Crippen molar-refractivity contribution >= 4 is 5.91 Å². The first kappa shape index (κ1) is 21.9. The van der Waals surface area contributed by atoms with Crippen molar-refractivity contribution in [2.75, 3.05) is 19.7 Å². The second-order valence-electron chi connectivity index (χ2n) is 7.71. The third-order valence-corrected chi connectivity index (χ3v) is 5.48. The minimum Gasteiger partial charge on any atom is -0.493 e. The Kier molecular flexibility index (Phi) is 6.20. The van der Waals surface area contributed by atoms with Crippen LogP contribution in [0.3, 0.4) is 0 Å². The normalized spacial score (nSPS) is 16.5. The fourth-order valence-electron chi connectivity index (χ4n) is 3.68. The summed E-state index contributed by atoms with van der Waals surface area (Å²) >= 11 is 0. The van der Waals surface area contributed by atoms with Gasteiger partial charge in [-0.3, -0.25) is 9.89 Å². The average molecular weight is 448 g/mol. The van der Waals surface area contributed by atoms with Crippen molar-refractivity contribution in [3.63, 3.8) is 0 Å². The largest absolute Gasteiger partial charge is 0.493 e. The van der Waals surface area contributed by atoms with Crippen molar-refractivity contribution in [3.8, 4) is 5.75 Å². The zero-order valence-corrected chi connectivity index (χ0v) is 17.5. The molecule has 1 aromatic carbocycles. The number of amides is 1. The maximum absolute atomic E-state index is 12.8. The number of nitrogens with zero attached hydrogens (tertiary/aromatic N) is 3. The number of aromatic nitrogens is 3. The second kappa shape index (κ2) is 9.05. The zero-order valence-electron chi connectivity index (χ0n) is 17.5. The molecule has 3 aromatic rings. The summed E-state index contributed by atoms with van der Waals surface area (Å²) in [6.07, 6.45) is -2.45. The monoisotopic (exact) mass is 448 g/mol. The van der Waals surface area contributed by atoms with Crippen molar-refractivity contribution < 1.29 is 27.2 Å². The molecule has 0 radical (unpaired) electrons. The van der Waals surface area contributed by atoms with Crippen molar-refractivity contribution in [2.45, 2.75) is 38.3 Å². The van der Waals surface area contributed by atoms with Crippen LogP contribution in [0.4, 0.5) is 13.2 Å². The average Bonchev–Trinajstić information content (AvgIpc) is 3.52. The molecule has 1 amide bonds. The summed E-state index contributed by atoms with van der Waals surface area (Å²) in [7, 11) is 0. The molecule has 4 rings (SSSR count). The van der Waals surface area contributed by atoms with Crippen molar-refractivity contribution in [2.24, 2.45) is 0 Å². The van der Waals surface area contributed by atoms with E-state index in [1.165, 1.54) is 12.1 Å². The predicted octanol–water partition coefficient (Wildman–Crippen LogP) is 4.23. The fraction of sp³-hybridized carbons (Fsp3) is 0.409. The molecule has 2 aromatic heterocycles. The molecular weight excluding hydrogens is 425 g/mol. The number of H-pyrrole nitrogens is 1. The molecule has 32 heavy (non-hydrogen) atoms. The number of alkyl halides is 3. The van der Waals surface area contributed by atoms with Crippen LogP contribution in [0.2, 0.25) is 0 Å². The van der Waals surface area contributed by atoms with E-state index in [0.717, 1.165) is 35.6 Å². The first-order chi connectivity index (χ1) is 15.3. The zero-order chi connectivity index (χ0) is 22.7. The Morgan fingerprint density at radius 1 is 1.31 bits per heavy atom. The van der Waals surface area contributed by atoms with E-state index in [-0.39, 0.29) is 29.9 Å². The Hall–Kier alpha value is -3.30. The molecule has 1 aliphatic rings. The molecular formula is C22H23F3N4O3. The number of rotatable bonds is 7. The van der Waals surface area contributed by atoms with Gasteiger partial charge in [-0.1, -0.05) is 18.1 Å². The van der Waals surface area contributed by atoms with Gasteiger partial charge in [0.05, 0.1) is 23.6 Å². The topological polar surface area (TPSA) is 84.2 Å². The molecule has 3 heterocycles. The van der Waals surface area contributed by atoms with Crippen LogP contribution in [0.15, 0.2) is 40.9 Å². The Labute approximate surface area is 182 Å². The number of halogens is 3. The van der Waals surface area contributed by atoms with Gasteiger partial charge in [0, 0.05) is 37.2 Å². The molecule has 7 nitrogen and oxygen atoms in total. The number of nitrogens with one attached hydrogen (secondary N) is 1. The maximum Gasteiger partial charge on any atom is 0.416 e. The number of carbonyl (C=O) groups excluding carboxylic acids is 1. The highest BCUT2D eigenvalue weighted by molar-refractivity contribution is 5.91. The van der Waals surface area contributed by atoms with Crippen LogP contribution in [0.25, 0.3) is 0 Å². The molecule has 1 N–H and O–H groups in total. The highest BCUT2D eigenvalue weighted by atomic mass is 19.4. The first-order valence-corrected chi connectivity index (χ1v) is 10.4. The van der Waals surface area contributed by atoms with Gasteiger partial charge in [-0.05, 0) is 37.1 Å². The van der Waals surface area contributed by atoms with E-state index in [2.05, 4.69) is 15.4 Å². The summed E-state index contributed by atoms with van der Waals surface area (Å²) in [6.45, 7) is 3.29. The van der Waals surface area contributed by atoms with Gasteiger partial charge in [0.25, 0.3) is 5.91 Å². The minimum atomic E-state index is -4.40. The number of aromatic amines is 1. The van der Waals surface area contributed by atoms with E-state index in [1.807, 2.05) is 13.0 Å². The van der Waals surface area contributed by atoms with Gasteiger partial charge in [0.2, 0.25) is 5.76 Å². The molecule has 170 valence electrons. The number of hydrogen-bond donors (Lipinski definition) is 1. The predicted molar refractivity (Wildman–Crippen MR) is 108 cm³/mol. The lowest BCUT2D eigenvalue weighted by molar-refractivity contribution is -0.137. The molecule has 1 unspecified atom stereocenters. The van der Waals surface area contributed by atoms with Crippen molar-refractivity contribution in [3.05, 3.63) is 64.8 Å². The van der Waals surface area contributed by atoms with E-state index in [0.29, 0.717) is 25.9 Å². The number of carbonyl (C=O) groups is 1. The molecule has 0 bridgehead atoms. The Bertz CT molecular complexity index is 1080. The summed E-state index contributed by atoms with van der Waals surface area (Å²) in [5.74, 6) is 0.340. The van der Waals surface area contributed by atoms with Crippen LogP contribution in [0.5, 0.6) is 5.75 Å². The van der Waals surface area contributed by atoms with Gasteiger partial charge in [-0.2, -0.15) is 18.3 Å². The van der Waals surface area contributed by atoms with Crippen molar-refractivity contribution in [1.82, 2.24) is 20.3 Å². The summed E-state index contributed by atoms with van der Waals surface area (Å²) in [6, 6.07) is 8.40. The molecule has 1 atom stereocenters. The minimum absolute atomic E-state index is 0.0990. The molecule has 0 saturated carbocycles. The van der Waals surface area contributed by atoms with Crippen LogP contribution in [-0.4, -0.2) is 45.9 Å². The van der Waals surface area contributed by atoms with Crippen LogP contribution in [0.1, 0.15) is 52.5 Å². The molecule has 1 aliphatic heterocycles. The molecule has 10 heteroatoms. The molecule has 1 fully saturated rings. The standard InChI is InChI=1S/C22H23F3N4O3/c1-2-16-12-20(32-28-16)21(30)29-8-6-14(13-29)19-11-17(26-27-19)7-9-31-18-5-3-4-15(10-18)22(23,24)25/h3-5,10-12,14H,2,6-9,13H2,1H3,(H,26,27). The lowest BCUT2D eigenvalue weighted by Crippen LogP contribution is -2.28. The molecule has 1 saturated heterocycles. The van der Waals surface area contributed by atoms with Gasteiger partial charge in [0.1, 0.15) is 5.75 Å². The van der Waals surface area contributed by atoms with Gasteiger partial charge in [0.15, 0.2) is 0 Å². The van der Waals surface area contributed by atoms with Crippen molar-refractivity contribution in [1.29, 1.82) is 0 Å². The highest BCUT2D eigenvalue weighted by Crippen LogP contribution is 2.31. The lowest BCUT2D eigenvalue weighted by atomic mass is 10.0. The Balaban J connectivity index is 1.29. The van der Waals surface area contributed by atoms with Gasteiger partial charge in [-0.15, -0.1) is 0 Å². The second-order valence-corrected chi connectivity index (χ2v) is 7.71. The van der Waals surface area contributed by atoms with E-state index in [1.54, 1.807) is 11.0 Å². The number of benzene rings is 1. The van der Waals surface area contributed by atoms with E-state index >= 15 is 0 Å². The molecule has 0 aliphatic carbocycles. The van der Waals surface area contributed by atoms with E-state index in [4.69, 9.17) is 9.26 Å². The third-order valence-electron chi connectivity index (χ3n) is 5.48. The summed E-state index contributed by atoms with van der Waals surface area (Å²) < 4.78 is 49.0. The van der Waals surface area contributed by atoms with Crippen LogP contribution < -0.4 is 4.74 Å². The summed E-state index contributed by atoms with van der Waals surface area (Å²) in [5.41, 5.74) is 1.67. The summed E-state index contributed by atoms with van der Waals surface area (Å²) in [4.78, 5) is 14.3. The van der Waals surface area contributed by atoms with Gasteiger partial charge >= 0.3 is 6.18 Å². The number of ether oxygens (including phenoxy) is 1. The Morgan fingerprint density at radius 2 is 2.16 bits per heavy atom. The summed E-state index contributed by atoms with van der Waals surface area (Å²) in [5, 5.41) is 11.2. The molecule has 0 spiro atoms. The SMILES string of the molecule is CCc1cc(C(=O)N2CCC(c3cc(CCOc4cccc(C(F)(F)F)c4)[nH]n3)C2)on1. The van der Waals surface area contributed by atoms with E-state index in [9.17, 15) is 18.0 Å². The third kappa shape index (κ3) is 4.95. The van der Waals surface area contributed by atoms with Crippen LogP contribution in [-0.2, 0) is 19.0 Å². The van der Waals surface area contributed by atoms with Gasteiger partial charge in [-0.25, -0.2) is 0 Å². The van der Waals surface area contributed by atoms with Gasteiger partial charge < -0.3 is 14.2 Å². The quantitative estimate of drug-likeness (QED) is 0.585. The maximum atomic E-state index is 12.8. The lowest BCUT2D eigenvalue weighted by Gasteiger charge is -2.13. The highest BCUT2D eigenvalue weighted by Gasteiger charge is 2.32. The number of hydrogen-bond acceptors (Lipinski definition) is 5. The van der Waals surface area contributed by atoms with E-state index < -0.39 is 11.7 Å². The Morgan fingerprint density at radius 3 is 2.91 bits per heavy atom.